The van der Waals surface area contributed by atoms with E-state index >= 15 is 0 Å². The Hall–Kier alpha value is -6.76. The van der Waals surface area contributed by atoms with Crippen molar-refractivity contribution in [3.05, 3.63) is 182 Å². The van der Waals surface area contributed by atoms with E-state index in [9.17, 15) is 9.60 Å². The van der Waals surface area contributed by atoms with Crippen molar-refractivity contribution in [2.24, 2.45) is 0 Å². The Labute approximate surface area is 315 Å². The minimum atomic E-state index is -0.558. The number of hydrogen-bond acceptors (Lipinski definition) is 0. The molecule has 0 radical (unpaired) electrons. The molecule has 0 spiro atoms. The highest BCUT2D eigenvalue weighted by Gasteiger charge is 2.18. The average molecular weight is 666 g/mol. The monoisotopic (exact) mass is 665 g/mol. The molecule has 12 aromatic rings. The molecule has 0 aromatic heterocycles. The maximum absolute atomic E-state index is 9.93. The van der Waals surface area contributed by atoms with Gasteiger partial charge in [0.2, 0.25) is 0 Å². The van der Waals surface area contributed by atoms with Crippen LogP contribution in [0.3, 0.4) is 0 Å². The summed E-state index contributed by atoms with van der Waals surface area (Å²) in [6.45, 7) is 0. The molecule has 0 heterocycles. The molecular weight excluding hydrogens is 625 g/mol. The van der Waals surface area contributed by atoms with Crippen LogP contribution in [0.4, 0.5) is 0 Å². The second-order valence-electron chi connectivity index (χ2n) is 13.5. The van der Waals surface area contributed by atoms with E-state index in [1.165, 1.54) is 0 Å². The van der Waals surface area contributed by atoms with E-state index in [-0.39, 0.29) is 56.4 Å². The topological polar surface area (TPSA) is 0 Å². The van der Waals surface area contributed by atoms with Crippen LogP contribution in [0.15, 0.2) is 182 Å². The van der Waals surface area contributed by atoms with Gasteiger partial charge in [-0.1, -0.05) is 170 Å². The Bertz CT molecular complexity index is 4010. The van der Waals surface area contributed by atoms with Gasteiger partial charge in [0.1, 0.15) is 0 Å². The van der Waals surface area contributed by atoms with Gasteiger partial charge in [-0.15, -0.1) is 0 Å². The molecule has 0 aliphatic rings. The Morgan fingerprint density at radius 2 is 0.731 bits per heavy atom. The number of hydrogen-bond donors (Lipinski definition) is 0. The lowest BCUT2D eigenvalue weighted by molar-refractivity contribution is 1.65. The van der Waals surface area contributed by atoms with Crippen molar-refractivity contribution in [2.45, 2.75) is 0 Å². The fourth-order valence-electron chi connectivity index (χ4n) is 8.60. The van der Waals surface area contributed by atoms with Crippen molar-refractivity contribution < 1.29 is 15.1 Å². The van der Waals surface area contributed by atoms with Gasteiger partial charge in [-0.25, -0.2) is 0 Å². The molecular formula is C52H30. The molecule has 0 heteroatoms. The van der Waals surface area contributed by atoms with Gasteiger partial charge in [0.05, 0.1) is 15.1 Å². The number of fused-ring (bicyclic) bond motifs is 2. The first-order chi connectivity index (χ1) is 30.4. The van der Waals surface area contributed by atoms with E-state index in [2.05, 4.69) is 12.1 Å². The van der Waals surface area contributed by atoms with Crippen molar-refractivity contribution in [2.75, 3.05) is 0 Å². The Kier molecular flexibility index (Phi) is 3.91. The van der Waals surface area contributed by atoms with Crippen LogP contribution >= 0.6 is 0 Å². The van der Waals surface area contributed by atoms with E-state index in [1.807, 2.05) is 97.1 Å². The van der Waals surface area contributed by atoms with Crippen molar-refractivity contribution in [3.63, 3.8) is 0 Å². The van der Waals surface area contributed by atoms with E-state index in [0.29, 0.717) is 16.7 Å². The molecule has 12 aromatic carbocycles. The quantitative estimate of drug-likeness (QED) is 0.165. The van der Waals surface area contributed by atoms with Gasteiger partial charge in [-0.05, 0) is 132 Å². The van der Waals surface area contributed by atoms with Crippen LogP contribution in [0.1, 0.15) is 15.1 Å². The van der Waals surface area contributed by atoms with Crippen molar-refractivity contribution in [1.29, 1.82) is 0 Å². The lowest BCUT2D eigenvalue weighted by atomic mass is 9.85. The van der Waals surface area contributed by atoms with Crippen molar-refractivity contribution >= 4 is 86.2 Å². The summed E-state index contributed by atoms with van der Waals surface area (Å²) in [7, 11) is 0. The SMILES string of the molecule is [2H]c1c([2H])c([2H])c2c([2H])c(-c3ccc4ccc5cccc6ccc3c4c56)cc(-c3c([2H])c([2H])c(-c4ccc5ccc6cccc7ccc4c5c67)c4c([2H])c([2H])c([2H])c([2H])c34)c2c1[2H]. The number of rotatable bonds is 3. The summed E-state index contributed by atoms with van der Waals surface area (Å²) in [4.78, 5) is 0. The van der Waals surface area contributed by atoms with Crippen LogP contribution in [0, 0.1) is 0 Å². The fraction of sp³-hybridized carbons (Fsp3) is 0. The Morgan fingerprint density at radius 3 is 1.33 bits per heavy atom. The van der Waals surface area contributed by atoms with Gasteiger partial charge in [0, 0.05) is 0 Å². The normalized spacial score (nSPS) is 15.2. The first-order valence-corrected chi connectivity index (χ1v) is 17.3. The van der Waals surface area contributed by atoms with E-state index in [4.69, 9.17) is 5.48 Å². The molecule has 0 saturated carbocycles. The van der Waals surface area contributed by atoms with Gasteiger partial charge in [0.15, 0.2) is 0 Å². The van der Waals surface area contributed by atoms with Crippen LogP contribution in [0.25, 0.3) is 120 Å². The molecule has 52 heavy (non-hydrogen) atoms. The van der Waals surface area contributed by atoms with Gasteiger partial charge in [-0.2, -0.15) is 0 Å². The summed E-state index contributed by atoms with van der Waals surface area (Å²) >= 11 is 0. The summed E-state index contributed by atoms with van der Waals surface area (Å²) in [5.74, 6) is 0. The summed E-state index contributed by atoms with van der Waals surface area (Å²) in [6.07, 6.45) is 0. The molecule has 238 valence electrons. The third-order valence-electron chi connectivity index (χ3n) is 10.9. The van der Waals surface area contributed by atoms with Gasteiger partial charge >= 0.3 is 0 Å². The van der Waals surface area contributed by atoms with Gasteiger partial charge in [-0.3, -0.25) is 0 Å². The van der Waals surface area contributed by atoms with E-state index < -0.39 is 48.3 Å². The lowest BCUT2D eigenvalue weighted by Gasteiger charge is -2.18. The molecule has 0 saturated heterocycles. The standard InChI is InChI=1S/C52H30/c1-2-12-39-37(7-1)29-38(40-23-19-35-17-15-31-8-5-10-33-21-25-46(40)51(35)49(31)33)30-48(39)45-28-27-43(41-13-3-4-14-42(41)45)44-24-20-36-18-16-32-9-6-11-34-22-26-47(44)52(36)50(32)34/h1-30H/i1D,2D,3D,4D,7D,12D,13D,14D,27D,28D,29D. The highest BCUT2D eigenvalue weighted by molar-refractivity contribution is 6.27. The van der Waals surface area contributed by atoms with Gasteiger partial charge < -0.3 is 0 Å². The molecule has 0 N–H and O–H groups in total. The zero-order valence-electron chi connectivity index (χ0n) is 38.5. The molecule has 0 aliphatic heterocycles. The smallest absolute Gasteiger partial charge is 0.0616 e. The summed E-state index contributed by atoms with van der Waals surface area (Å²) in [5, 5.41) is 11.3. The summed E-state index contributed by atoms with van der Waals surface area (Å²) in [6, 6.07) is 32.7. The van der Waals surface area contributed by atoms with Crippen LogP contribution in [-0.2, 0) is 0 Å². The maximum atomic E-state index is 9.93. The first-order valence-electron chi connectivity index (χ1n) is 22.8. The zero-order chi connectivity index (χ0) is 43.5. The predicted molar refractivity (Wildman–Crippen MR) is 225 cm³/mol. The third kappa shape index (κ3) is 3.81. The first kappa shape index (κ1) is 19.6. The predicted octanol–water partition coefficient (Wildman–Crippen LogP) is 14.8. The highest BCUT2D eigenvalue weighted by atomic mass is 14.2. The third-order valence-corrected chi connectivity index (χ3v) is 10.9. The highest BCUT2D eigenvalue weighted by Crippen LogP contribution is 2.46. The average Bonchev–Trinajstić information content (AvgIpc) is 3.30. The molecule has 0 unspecified atom stereocenters. The largest absolute Gasteiger partial charge is 0.0636 e. The zero-order valence-corrected chi connectivity index (χ0v) is 27.5. The Balaban J connectivity index is 1.26. The fourth-order valence-corrected chi connectivity index (χ4v) is 8.60. The molecule has 0 nitrogen and oxygen atoms in total. The lowest BCUT2D eigenvalue weighted by Crippen LogP contribution is -1.91. The van der Waals surface area contributed by atoms with Crippen LogP contribution in [0.2, 0.25) is 0 Å². The Morgan fingerprint density at radius 1 is 0.288 bits per heavy atom. The maximum Gasteiger partial charge on any atom is 0.0636 e. The van der Waals surface area contributed by atoms with Crippen LogP contribution < -0.4 is 0 Å². The molecule has 0 amide bonds. The minimum Gasteiger partial charge on any atom is -0.0616 e. The van der Waals surface area contributed by atoms with Crippen LogP contribution in [0.5, 0.6) is 0 Å². The molecule has 0 fully saturated rings. The van der Waals surface area contributed by atoms with Gasteiger partial charge in [0.25, 0.3) is 0 Å². The van der Waals surface area contributed by atoms with E-state index in [1.54, 1.807) is 6.07 Å². The molecule has 12 rings (SSSR count). The molecule has 0 aliphatic carbocycles. The minimum absolute atomic E-state index is 0.0141. The van der Waals surface area contributed by atoms with E-state index in [0.717, 1.165) is 64.6 Å². The summed E-state index contributed by atoms with van der Waals surface area (Å²) in [5.41, 5.74) is 1.55. The van der Waals surface area contributed by atoms with Crippen molar-refractivity contribution in [1.82, 2.24) is 0 Å². The summed E-state index contributed by atoms with van der Waals surface area (Å²) < 4.78 is 102. The van der Waals surface area contributed by atoms with Crippen LogP contribution in [-0.4, -0.2) is 0 Å². The second-order valence-corrected chi connectivity index (χ2v) is 13.5. The molecule has 0 atom stereocenters. The second kappa shape index (κ2) is 10.4. The van der Waals surface area contributed by atoms with Crippen molar-refractivity contribution in [3.8, 4) is 33.4 Å². The molecule has 0 bridgehead atoms. The number of benzene rings is 12.